The van der Waals surface area contributed by atoms with Crippen molar-refractivity contribution in [2.45, 2.75) is 45.5 Å². The lowest BCUT2D eigenvalue weighted by Crippen LogP contribution is -2.41. The molecule has 0 aromatic rings. The average molecular weight is 193 g/mol. The maximum absolute atomic E-state index is 9.51. The summed E-state index contributed by atoms with van der Waals surface area (Å²) in [6.45, 7) is 4.64. The molecule has 0 aliphatic carbocycles. The first-order chi connectivity index (χ1) is 6.21. The fourth-order valence-corrected chi connectivity index (χ4v) is 0.946. The molecule has 4 nitrogen and oxygen atoms in total. The Hall–Kier alpha value is -0.160. The largest absolute Gasteiger partial charge is 0.394 e. The summed E-state index contributed by atoms with van der Waals surface area (Å²) < 4.78 is 7.63. The highest BCUT2D eigenvalue weighted by Crippen LogP contribution is 2.22. The van der Waals surface area contributed by atoms with Crippen LogP contribution in [0.4, 0.5) is 0 Å². The van der Waals surface area contributed by atoms with E-state index in [9.17, 15) is 10.2 Å². The molecule has 0 amide bonds. The van der Waals surface area contributed by atoms with Crippen molar-refractivity contribution >= 4 is 0 Å². The van der Waals surface area contributed by atoms with Crippen molar-refractivity contribution in [3.63, 3.8) is 0 Å². The molecule has 0 aliphatic heterocycles. The molecular formula is C9H20O4. The average Bonchev–Trinajstić information content (AvgIpc) is 2.11. The molecule has 0 fully saturated rings. The molecule has 0 bridgehead atoms. The van der Waals surface area contributed by atoms with E-state index in [0.717, 1.165) is 0 Å². The minimum atomic E-state index is -1.48. The second kappa shape index (κ2) is 4.91. The summed E-state index contributed by atoms with van der Waals surface area (Å²) in [7, 11) is 0. The predicted octanol–water partition coefficient (Wildman–Crippen LogP) is -0.502. The molecule has 0 saturated carbocycles. The molecule has 4 heteroatoms. The van der Waals surface area contributed by atoms with E-state index in [1.165, 1.54) is 0 Å². The molecule has 0 heterocycles. The molecule has 0 spiro atoms. The van der Waals surface area contributed by atoms with Gasteiger partial charge in [0.2, 0.25) is 0 Å². The Morgan fingerprint density at radius 2 is 1.62 bits per heavy atom. The summed E-state index contributed by atoms with van der Waals surface area (Å²) in [4.78, 5) is 0. The molecule has 0 aliphatic rings. The summed E-state index contributed by atoms with van der Waals surface area (Å²) in [5, 5.41) is 36.5. The van der Waals surface area contributed by atoms with Gasteiger partial charge in [-0.1, -0.05) is 20.8 Å². The van der Waals surface area contributed by atoms with Crippen molar-refractivity contribution < 1.29 is 21.8 Å². The molecule has 0 aromatic heterocycles. The van der Waals surface area contributed by atoms with Crippen LogP contribution in [0.2, 0.25) is 0 Å². The van der Waals surface area contributed by atoms with E-state index < -0.39 is 36.7 Å². The van der Waals surface area contributed by atoms with Gasteiger partial charge < -0.3 is 20.4 Å². The Bertz CT molecular complexity index is 169. The Kier molecular flexibility index (Phi) is 4.12. The van der Waals surface area contributed by atoms with Gasteiger partial charge in [0, 0.05) is 1.37 Å². The number of rotatable bonds is 4. The fourth-order valence-electron chi connectivity index (χ4n) is 0.946. The summed E-state index contributed by atoms with van der Waals surface area (Å²) in [6, 6.07) is 0. The fraction of sp³-hybridized carbons (Fsp3) is 1.00. The molecule has 0 rings (SSSR count). The van der Waals surface area contributed by atoms with Crippen molar-refractivity contribution in [3.8, 4) is 0 Å². The quantitative estimate of drug-likeness (QED) is 0.485. The second-order valence-corrected chi connectivity index (χ2v) is 4.26. The van der Waals surface area contributed by atoms with Gasteiger partial charge in [-0.3, -0.25) is 0 Å². The van der Waals surface area contributed by atoms with Gasteiger partial charge in [-0.05, 0) is 11.8 Å². The molecule has 0 radical (unpaired) electrons. The second-order valence-electron chi connectivity index (χ2n) is 4.26. The summed E-state index contributed by atoms with van der Waals surface area (Å²) in [6.07, 6.45) is -5.17. The molecular weight excluding hydrogens is 172 g/mol. The van der Waals surface area contributed by atoms with Crippen molar-refractivity contribution in [2.75, 3.05) is 6.61 Å². The van der Waals surface area contributed by atoms with Crippen LogP contribution >= 0.6 is 0 Å². The topological polar surface area (TPSA) is 80.9 Å². The third kappa shape index (κ3) is 5.21. The Labute approximate surface area is 80.2 Å². The highest BCUT2D eigenvalue weighted by molar-refractivity contribution is 4.78. The number of aliphatic hydroxyl groups is 4. The number of hydrogen-bond acceptors (Lipinski definition) is 4. The van der Waals surface area contributed by atoms with E-state index in [-0.39, 0.29) is 0 Å². The van der Waals surface area contributed by atoms with Gasteiger partial charge in [-0.15, -0.1) is 0 Å². The third-order valence-corrected chi connectivity index (χ3v) is 1.60. The first-order valence-electron chi connectivity index (χ1n) is 4.87. The highest BCUT2D eigenvalue weighted by Gasteiger charge is 2.27. The first-order valence-corrected chi connectivity index (χ1v) is 4.29. The van der Waals surface area contributed by atoms with Gasteiger partial charge >= 0.3 is 0 Å². The first kappa shape index (κ1) is 10.9. The summed E-state index contributed by atoms with van der Waals surface area (Å²) in [5.74, 6) is 0. The maximum Gasteiger partial charge on any atom is 0.108 e. The van der Waals surface area contributed by atoms with Crippen molar-refractivity contribution in [1.82, 2.24) is 0 Å². The van der Waals surface area contributed by atoms with Crippen LogP contribution in [0, 0.1) is 5.41 Å². The van der Waals surface area contributed by atoms with E-state index in [0.29, 0.717) is 0 Å². The van der Waals surface area contributed by atoms with Crippen LogP contribution in [0.5, 0.6) is 0 Å². The van der Waals surface area contributed by atoms with Crippen LogP contribution in [0.25, 0.3) is 0 Å². The van der Waals surface area contributed by atoms with Crippen LogP contribution < -0.4 is 0 Å². The number of hydrogen-bond donors (Lipinski definition) is 4. The minimum Gasteiger partial charge on any atom is -0.394 e. The lowest BCUT2D eigenvalue weighted by molar-refractivity contribution is -0.0860. The highest BCUT2D eigenvalue weighted by atomic mass is 16.4. The van der Waals surface area contributed by atoms with Crippen LogP contribution in [-0.4, -0.2) is 45.3 Å². The van der Waals surface area contributed by atoms with Crippen LogP contribution in [0.3, 0.4) is 0 Å². The SMILES string of the molecule is [2H]C(C(O)[C@@H](O)[C@H](O)CO)C(C)(C)C. The van der Waals surface area contributed by atoms with Crippen molar-refractivity contribution in [2.24, 2.45) is 5.41 Å². The molecule has 2 unspecified atom stereocenters. The van der Waals surface area contributed by atoms with Crippen LogP contribution in [0.15, 0.2) is 0 Å². The van der Waals surface area contributed by atoms with Crippen molar-refractivity contribution in [3.05, 3.63) is 0 Å². The minimum absolute atomic E-state index is 0.491. The Balaban J connectivity index is 4.38. The van der Waals surface area contributed by atoms with Crippen LogP contribution in [0.1, 0.15) is 28.5 Å². The monoisotopic (exact) mass is 193 g/mol. The van der Waals surface area contributed by atoms with Crippen LogP contribution in [-0.2, 0) is 0 Å². The van der Waals surface area contributed by atoms with Gasteiger partial charge in [0.05, 0.1) is 12.7 Å². The maximum atomic E-state index is 9.51. The van der Waals surface area contributed by atoms with E-state index in [1.807, 2.05) is 0 Å². The normalized spacial score (nSPS) is 23.2. The molecule has 0 aromatic carbocycles. The van der Waals surface area contributed by atoms with Gasteiger partial charge in [0.25, 0.3) is 0 Å². The third-order valence-electron chi connectivity index (χ3n) is 1.60. The van der Waals surface area contributed by atoms with E-state index in [4.69, 9.17) is 11.6 Å². The van der Waals surface area contributed by atoms with Gasteiger partial charge in [-0.2, -0.15) is 0 Å². The standard InChI is InChI=1S/C9H20O4/c1-9(2,3)4-6(11)8(13)7(12)5-10/h6-8,10-13H,4-5H2,1-3H3/t6?,7-,8-/m1/s1/i4D/t4?,6?,7-,8-. The molecule has 4 atom stereocenters. The molecule has 13 heavy (non-hydrogen) atoms. The zero-order valence-corrected chi connectivity index (χ0v) is 8.31. The number of aliphatic hydroxyl groups excluding tert-OH is 4. The van der Waals surface area contributed by atoms with Gasteiger partial charge in [-0.25, -0.2) is 0 Å². The summed E-state index contributed by atoms with van der Waals surface area (Å²) in [5.41, 5.74) is -0.491. The zero-order chi connectivity index (χ0) is 11.5. The van der Waals surface area contributed by atoms with Gasteiger partial charge in [0.1, 0.15) is 12.2 Å². The van der Waals surface area contributed by atoms with Gasteiger partial charge in [0.15, 0.2) is 0 Å². The van der Waals surface area contributed by atoms with E-state index >= 15 is 0 Å². The van der Waals surface area contributed by atoms with E-state index in [1.54, 1.807) is 20.8 Å². The molecule has 80 valence electrons. The smallest absolute Gasteiger partial charge is 0.108 e. The molecule has 0 saturated heterocycles. The Morgan fingerprint density at radius 1 is 1.15 bits per heavy atom. The lowest BCUT2D eigenvalue weighted by atomic mass is 9.86. The van der Waals surface area contributed by atoms with E-state index in [2.05, 4.69) is 0 Å². The lowest BCUT2D eigenvalue weighted by Gasteiger charge is -2.27. The predicted molar refractivity (Wildman–Crippen MR) is 49.2 cm³/mol. The molecule has 4 N–H and O–H groups in total. The zero-order valence-electron chi connectivity index (χ0n) is 9.31. The van der Waals surface area contributed by atoms with Crippen molar-refractivity contribution in [1.29, 1.82) is 0 Å². The Morgan fingerprint density at radius 3 is 1.92 bits per heavy atom. The summed E-state index contributed by atoms with van der Waals surface area (Å²) >= 11 is 0.